The summed E-state index contributed by atoms with van der Waals surface area (Å²) in [4.78, 5) is 16.0. The van der Waals surface area contributed by atoms with Gasteiger partial charge in [-0.1, -0.05) is 30.3 Å². The first-order valence-electron chi connectivity index (χ1n) is 5.57. The van der Waals surface area contributed by atoms with Gasteiger partial charge in [0.15, 0.2) is 5.75 Å². The van der Waals surface area contributed by atoms with Gasteiger partial charge in [0.2, 0.25) is 0 Å². The Kier molecular flexibility index (Phi) is 2.68. The number of fused-ring (bicyclic) bond motifs is 1. The first-order valence-corrected chi connectivity index (χ1v) is 6.38. The van der Waals surface area contributed by atoms with E-state index in [9.17, 15) is 9.90 Å². The zero-order valence-corrected chi connectivity index (χ0v) is 10.5. The Morgan fingerprint density at radius 3 is 2.63 bits per heavy atom. The Bertz CT molecular complexity index is 765. The fourth-order valence-electron chi connectivity index (χ4n) is 1.87. The van der Waals surface area contributed by atoms with E-state index in [0.29, 0.717) is 10.2 Å². The Morgan fingerprint density at radius 1 is 1.21 bits per heavy atom. The van der Waals surface area contributed by atoms with Crippen molar-refractivity contribution in [2.75, 3.05) is 0 Å². The van der Waals surface area contributed by atoms with Crippen molar-refractivity contribution in [1.29, 1.82) is 0 Å². The second-order valence-electron chi connectivity index (χ2n) is 4.02. The summed E-state index contributed by atoms with van der Waals surface area (Å²) in [6.45, 7) is 0. The van der Waals surface area contributed by atoms with E-state index in [0.717, 1.165) is 10.4 Å². The largest absolute Gasteiger partial charge is 0.505 e. The van der Waals surface area contributed by atoms with Crippen molar-refractivity contribution in [3.8, 4) is 16.2 Å². The summed E-state index contributed by atoms with van der Waals surface area (Å²) in [6, 6.07) is 11.5. The van der Waals surface area contributed by atoms with E-state index in [2.05, 4.69) is 4.98 Å². The lowest BCUT2D eigenvalue weighted by atomic mass is 10.2. The molecule has 0 bridgehead atoms. The molecule has 1 aromatic carbocycles. The summed E-state index contributed by atoms with van der Waals surface area (Å²) >= 11 is 1.33. The molecule has 0 unspecified atom stereocenters. The number of carboxylic acids is 1. The normalized spacial score (nSPS) is 10.7. The second kappa shape index (κ2) is 4.37. The minimum Gasteiger partial charge on any atom is -0.505 e. The molecule has 0 aliphatic heterocycles. The molecule has 0 amide bonds. The van der Waals surface area contributed by atoms with Crippen LogP contribution in [0.25, 0.3) is 20.7 Å². The highest BCUT2D eigenvalue weighted by atomic mass is 32.1. The van der Waals surface area contributed by atoms with Gasteiger partial charge in [0.1, 0.15) is 5.56 Å². The molecule has 19 heavy (non-hydrogen) atoms. The standard InChI is InChI=1S/C14H9NO3S/c16-12-9(14(17)18)7-15-10-6-11(19-13(10)12)8-4-2-1-3-5-8/h1-7H,(H,15,16)(H,17,18). The van der Waals surface area contributed by atoms with Gasteiger partial charge in [0.25, 0.3) is 0 Å². The van der Waals surface area contributed by atoms with Gasteiger partial charge < -0.3 is 10.2 Å². The molecular weight excluding hydrogens is 262 g/mol. The first kappa shape index (κ1) is 11.7. The molecule has 3 rings (SSSR count). The average Bonchev–Trinajstić information content (AvgIpc) is 2.85. The summed E-state index contributed by atoms with van der Waals surface area (Å²) < 4.78 is 0.499. The zero-order valence-electron chi connectivity index (χ0n) is 9.70. The van der Waals surface area contributed by atoms with Crippen LogP contribution in [0.1, 0.15) is 10.4 Å². The number of aromatic carboxylic acids is 1. The monoisotopic (exact) mass is 271 g/mol. The van der Waals surface area contributed by atoms with Crippen molar-refractivity contribution in [3.05, 3.63) is 48.2 Å². The molecular formula is C14H9NO3S. The van der Waals surface area contributed by atoms with Crippen molar-refractivity contribution in [2.24, 2.45) is 0 Å². The van der Waals surface area contributed by atoms with Crippen LogP contribution in [0, 0.1) is 0 Å². The van der Waals surface area contributed by atoms with Crippen molar-refractivity contribution in [3.63, 3.8) is 0 Å². The summed E-state index contributed by atoms with van der Waals surface area (Å²) in [5.74, 6) is -1.40. The maximum Gasteiger partial charge on any atom is 0.341 e. The Morgan fingerprint density at radius 2 is 1.95 bits per heavy atom. The Labute approximate surface area is 112 Å². The van der Waals surface area contributed by atoms with Crippen LogP contribution in [0.2, 0.25) is 0 Å². The lowest BCUT2D eigenvalue weighted by molar-refractivity contribution is 0.0693. The third-order valence-electron chi connectivity index (χ3n) is 2.80. The van der Waals surface area contributed by atoms with Crippen molar-refractivity contribution >= 4 is 27.5 Å². The number of rotatable bonds is 2. The third-order valence-corrected chi connectivity index (χ3v) is 3.98. The quantitative estimate of drug-likeness (QED) is 0.749. The van der Waals surface area contributed by atoms with E-state index < -0.39 is 5.97 Å². The van der Waals surface area contributed by atoms with Gasteiger partial charge in [0.05, 0.1) is 10.2 Å². The third kappa shape index (κ3) is 1.94. The lowest BCUT2D eigenvalue weighted by Gasteiger charge is -1.98. The number of hydrogen-bond acceptors (Lipinski definition) is 4. The highest BCUT2D eigenvalue weighted by Gasteiger charge is 2.16. The smallest absolute Gasteiger partial charge is 0.341 e. The molecule has 5 heteroatoms. The molecule has 4 nitrogen and oxygen atoms in total. The van der Waals surface area contributed by atoms with E-state index in [-0.39, 0.29) is 11.3 Å². The van der Waals surface area contributed by atoms with Crippen LogP contribution in [0.5, 0.6) is 5.75 Å². The summed E-state index contributed by atoms with van der Waals surface area (Å²) in [5.41, 5.74) is 1.45. The zero-order chi connectivity index (χ0) is 13.4. The molecule has 2 N–H and O–H groups in total. The molecule has 2 heterocycles. The van der Waals surface area contributed by atoms with Gasteiger partial charge in [0, 0.05) is 11.1 Å². The van der Waals surface area contributed by atoms with E-state index >= 15 is 0 Å². The van der Waals surface area contributed by atoms with Crippen LogP contribution in [0.4, 0.5) is 0 Å². The highest BCUT2D eigenvalue weighted by molar-refractivity contribution is 7.22. The van der Waals surface area contributed by atoms with Crippen LogP contribution >= 0.6 is 11.3 Å². The molecule has 0 aliphatic rings. The van der Waals surface area contributed by atoms with Crippen LogP contribution in [-0.4, -0.2) is 21.2 Å². The molecule has 3 aromatic rings. The molecule has 0 saturated carbocycles. The van der Waals surface area contributed by atoms with Crippen molar-refractivity contribution < 1.29 is 15.0 Å². The average molecular weight is 271 g/mol. The molecule has 0 radical (unpaired) electrons. The van der Waals surface area contributed by atoms with Crippen LogP contribution in [-0.2, 0) is 0 Å². The second-order valence-corrected chi connectivity index (χ2v) is 5.07. The summed E-state index contributed by atoms with van der Waals surface area (Å²) in [6.07, 6.45) is 1.18. The van der Waals surface area contributed by atoms with Gasteiger partial charge in [-0.3, -0.25) is 4.98 Å². The number of hydrogen-bond donors (Lipinski definition) is 2. The predicted molar refractivity (Wildman–Crippen MR) is 73.7 cm³/mol. The lowest BCUT2D eigenvalue weighted by Crippen LogP contribution is -1.97. The summed E-state index contributed by atoms with van der Waals surface area (Å²) in [7, 11) is 0. The Balaban J connectivity index is 2.22. The molecule has 0 atom stereocenters. The molecule has 0 aliphatic carbocycles. The molecule has 0 saturated heterocycles. The van der Waals surface area contributed by atoms with Gasteiger partial charge in [-0.25, -0.2) is 4.79 Å². The summed E-state index contributed by atoms with van der Waals surface area (Å²) in [5, 5.41) is 18.9. The van der Waals surface area contributed by atoms with E-state index in [1.165, 1.54) is 17.5 Å². The number of thiophene rings is 1. The van der Waals surface area contributed by atoms with Gasteiger partial charge >= 0.3 is 5.97 Å². The number of pyridine rings is 1. The van der Waals surface area contributed by atoms with Gasteiger partial charge in [-0.2, -0.15) is 0 Å². The maximum absolute atomic E-state index is 10.9. The van der Waals surface area contributed by atoms with E-state index in [1.807, 2.05) is 36.4 Å². The number of carbonyl (C=O) groups is 1. The van der Waals surface area contributed by atoms with E-state index in [4.69, 9.17) is 5.11 Å². The first-order chi connectivity index (χ1) is 9.16. The fourth-order valence-corrected chi connectivity index (χ4v) is 2.93. The van der Waals surface area contributed by atoms with E-state index in [1.54, 1.807) is 0 Å². The van der Waals surface area contributed by atoms with Crippen LogP contribution < -0.4 is 0 Å². The van der Waals surface area contributed by atoms with Crippen molar-refractivity contribution in [1.82, 2.24) is 4.98 Å². The van der Waals surface area contributed by atoms with Crippen LogP contribution in [0.15, 0.2) is 42.6 Å². The number of carboxylic acid groups (broad SMARTS) is 1. The number of nitrogens with zero attached hydrogens (tertiary/aromatic N) is 1. The minimum absolute atomic E-state index is 0.172. The predicted octanol–water partition coefficient (Wildman–Crippen LogP) is 3.37. The number of benzene rings is 1. The topological polar surface area (TPSA) is 70.4 Å². The highest BCUT2D eigenvalue weighted by Crippen LogP contribution is 2.38. The molecule has 2 aromatic heterocycles. The molecule has 0 spiro atoms. The van der Waals surface area contributed by atoms with Crippen LogP contribution in [0.3, 0.4) is 0 Å². The minimum atomic E-state index is -1.18. The SMILES string of the molecule is O=C(O)c1cnc2cc(-c3ccccc3)sc2c1O. The fraction of sp³-hybridized carbons (Fsp3) is 0. The maximum atomic E-state index is 10.9. The molecule has 0 fully saturated rings. The van der Waals surface area contributed by atoms with Gasteiger partial charge in [-0.05, 0) is 11.6 Å². The number of aromatic nitrogens is 1. The van der Waals surface area contributed by atoms with Gasteiger partial charge in [-0.15, -0.1) is 11.3 Å². The van der Waals surface area contributed by atoms with Crippen molar-refractivity contribution in [2.45, 2.75) is 0 Å². The Hall–Kier alpha value is -2.40. The number of aromatic hydroxyl groups is 1. The molecule has 94 valence electrons.